The molecule has 0 saturated carbocycles. The fourth-order valence-corrected chi connectivity index (χ4v) is 4.52. The van der Waals surface area contributed by atoms with Crippen LogP contribution in [0, 0.1) is 5.92 Å². The van der Waals surface area contributed by atoms with Gasteiger partial charge in [0.25, 0.3) is 5.56 Å². The summed E-state index contributed by atoms with van der Waals surface area (Å²) in [6, 6.07) is 11.2. The maximum absolute atomic E-state index is 12.7. The van der Waals surface area contributed by atoms with E-state index in [0.717, 1.165) is 17.7 Å². The molecule has 0 unspecified atom stereocenters. The van der Waals surface area contributed by atoms with Crippen LogP contribution in [0.25, 0.3) is 0 Å². The summed E-state index contributed by atoms with van der Waals surface area (Å²) in [4.78, 5) is 26.7. The number of amides is 2. The molecule has 2 atom stereocenters. The molecule has 2 aromatic rings. The van der Waals surface area contributed by atoms with Gasteiger partial charge in [0.05, 0.1) is 14.2 Å². The third kappa shape index (κ3) is 3.95. The van der Waals surface area contributed by atoms with Crippen molar-refractivity contribution in [2.45, 2.75) is 25.3 Å². The van der Waals surface area contributed by atoms with Crippen LogP contribution in [0.15, 0.2) is 41.2 Å². The van der Waals surface area contributed by atoms with E-state index in [1.807, 2.05) is 39.8 Å². The van der Waals surface area contributed by atoms with Crippen LogP contribution < -0.4 is 20.3 Å². The van der Waals surface area contributed by atoms with Gasteiger partial charge in [-0.05, 0) is 42.5 Å². The van der Waals surface area contributed by atoms with Crippen molar-refractivity contribution in [2.75, 3.05) is 33.9 Å². The van der Waals surface area contributed by atoms with E-state index >= 15 is 0 Å². The van der Waals surface area contributed by atoms with Gasteiger partial charge in [0, 0.05) is 43.9 Å². The molecule has 1 aromatic carbocycles. The Bertz CT molecular complexity index is 955. The number of nitrogens with zero attached hydrogens (tertiary/aromatic N) is 2. The van der Waals surface area contributed by atoms with E-state index in [2.05, 4.69) is 5.32 Å². The summed E-state index contributed by atoms with van der Waals surface area (Å²) in [6.45, 7) is 2.60. The van der Waals surface area contributed by atoms with E-state index in [4.69, 9.17) is 9.47 Å². The highest BCUT2D eigenvalue weighted by molar-refractivity contribution is 5.74. The average molecular weight is 397 g/mol. The minimum atomic E-state index is -0.0353. The molecule has 1 saturated heterocycles. The number of benzene rings is 1. The number of ether oxygens (including phenoxy) is 2. The number of hydrogen-bond acceptors (Lipinski definition) is 4. The molecule has 0 aliphatic carbocycles. The smallest absolute Gasteiger partial charge is 0.317 e. The molecule has 2 amide bonds. The topological polar surface area (TPSA) is 72.8 Å². The summed E-state index contributed by atoms with van der Waals surface area (Å²) < 4.78 is 12.5. The second-order valence-corrected chi connectivity index (χ2v) is 7.77. The number of carbonyl (C=O) groups is 1. The Hall–Kier alpha value is -2.96. The lowest BCUT2D eigenvalue weighted by atomic mass is 9.83. The van der Waals surface area contributed by atoms with Gasteiger partial charge in [-0.1, -0.05) is 12.1 Å². The molecular formula is C22H27N3O4. The van der Waals surface area contributed by atoms with Crippen LogP contribution >= 0.6 is 0 Å². The van der Waals surface area contributed by atoms with Gasteiger partial charge >= 0.3 is 6.03 Å². The molecule has 1 fully saturated rings. The first-order chi connectivity index (χ1) is 14.1. The highest BCUT2D eigenvalue weighted by Crippen LogP contribution is 2.34. The molecule has 4 rings (SSSR count). The number of likely N-dealkylation sites (tertiary alicyclic amines) is 1. The molecule has 1 aromatic heterocycles. The van der Waals surface area contributed by atoms with Gasteiger partial charge < -0.3 is 24.3 Å². The van der Waals surface area contributed by atoms with Gasteiger partial charge in [0.15, 0.2) is 11.5 Å². The van der Waals surface area contributed by atoms with E-state index in [1.165, 1.54) is 0 Å². The Kier molecular flexibility index (Phi) is 5.47. The van der Waals surface area contributed by atoms with E-state index in [1.54, 1.807) is 20.3 Å². The molecule has 0 spiro atoms. The van der Waals surface area contributed by atoms with Crippen molar-refractivity contribution >= 4 is 6.03 Å². The van der Waals surface area contributed by atoms with Gasteiger partial charge in [-0.2, -0.15) is 0 Å². The molecule has 1 N–H and O–H groups in total. The Morgan fingerprint density at radius 2 is 1.93 bits per heavy atom. The lowest BCUT2D eigenvalue weighted by Crippen LogP contribution is -2.52. The Balaban J connectivity index is 1.35. The molecule has 3 heterocycles. The zero-order valence-corrected chi connectivity index (χ0v) is 16.9. The van der Waals surface area contributed by atoms with Crippen molar-refractivity contribution in [3.63, 3.8) is 0 Å². The maximum Gasteiger partial charge on any atom is 0.317 e. The minimum Gasteiger partial charge on any atom is -0.493 e. The fraction of sp³-hybridized carbons (Fsp3) is 0.455. The predicted molar refractivity (Wildman–Crippen MR) is 110 cm³/mol. The van der Waals surface area contributed by atoms with Crippen LogP contribution in [0.2, 0.25) is 0 Å². The number of urea groups is 1. The molecule has 2 aliphatic heterocycles. The Morgan fingerprint density at radius 3 is 2.72 bits per heavy atom. The van der Waals surface area contributed by atoms with Crippen molar-refractivity contribution in [1.29, 1.82) is 0 Å². The number of piperidine rings is 1. The summed E-state index contributed by atoms with van der Waals surface area (Å²) in [6.07, 6.45) is 1.75. The van der Waals surface area contributed by atoms with Crippen molar-refractivity contribution in [3.8, 4) is 11.5 Å². The van der Waals surface area contributed by atoms with Crippen molar-refractivity contribution in [1.82, 2.24) is 14.8 Å². The Morgan fingerprint density at radius 1 is 1.10 bits per heavy atom. The molecule has 2 bridgehead atoms. The van der Waals surface area contributed by atoms with Gasteiger partial charge in [0.2, 0.25) is 0 Å². The predicted octanol–water partition coefficient (Wildman–Crippen LogP) is 2.24. The largest absolute Gasteiger partial charge is 0.493 e. The number of nitrogens with one attached hydrogen (secondary N) is 1. The summed E-state index contributed by atoms with van der Waals surface area (Å²) in [7, 11) is 3.23. The molecule has 2 aliphatic rings. The number of rotatable bonds is 5. The van der Waals surface area contributed by atoms with Crippen molar-refractivity contribution in [2.24, 2.45) is 5.92 Å². The number of methoxy groups -OCH3 is 2. The SMILES string of the molecule is COc1ccc(CCNC(=O)N2C[C@@H]3C[C@H](C2)c2cccc(=O)n2C3)cc1OC. The molecular weight excluding hydrogens is 370 g/mol. The third-order valence-corrected chi connectivity index (χ3v) is 5.90. The normalized spacial score (nSPS) is 20.0. The van der Waals surface area contributed by atoms with E-state index < -0.39 is 0 Å². The average Bonchev–Trinajstić information content (AvgIpc) is 2.74. The van der Waals surface area contributed by atoms with E-state index in [-0.39, 0.29) is 17.5 Å². The van der Waals surface area contributed by atoms with Crippen LogP contribution in [0.5, 0.6) is 11.5 Å². The third-order valence-electron chi connectivity index (χ3n) is 5.90. The van der Waals surface area contributed by atoms with Crippen LogP contribution in [0.1, 0.15) is 23.6 Å². The second-order valence-electron chi connectivity index (χ2n) is 7.77. The second kappa shape index (κ2) is 8.19. The lowest BCUT2D eigenvalue weighted by molar-refractivity contribution is 0.131. The molecule has 154 valence electrons. The Labute approximate surface area is 170 Å². The van der Waals surface area contributed by atoms with E-state index in [0.29, 0.717) is 50.0 Å². The summed E-state index contributed by atoms with van der Waals surface area (Å²) in [5.74, 6) is 1.94. The summed E-state index contributed by atoms with van der Waals surface area (Å²) in [5.41, 5.74) is 2.19. The zero-order valence-electron chi connectivity index (χ0n) is 16.9. The first-order valence-electron chi connectivity index (χ1n) is 10.0. The maximum atomic E-state index is 12.7. The van der Waals surface area contributed by atoms with Gasteiger partial charge in [0.1, 0.15) is 0 Å². The van der Waals surface area contributed by atoms with Crippen LogP contribution in [0.4, 0.5) is 4.79 Å². The first-order valence-corrected chi connectivity index (χ1v) is 10.0. The monoisotopic (exact) mass is 397 g/mol. The quantitative estimate of drug-likeness (QED) is 0.840. The number of hydrogen-bond donors (Lipinski definition) is 1. The molecule has 7 heteroatoms. The number of fused-ring (bicyclic) bond motifs is 4. The van der Waals surface area contributed by atoms with Crippen molar-refractivity contribution < 1.29 is 14.3 Å². The van der Waals surface area contributed by atoms with Crippen molar-refractivity contribution in [3.05, 3.63) is 58.0 Å². The van der Waals surface area contributed by atoms with Gasteiger partial charge in [-0.25, -0.2) is 4.79 Å². The highest BCUT2D eigenvalue weighted by Gasteiger charge is 2.36. The zero-order chi connectivity index (χ0) is 20.4. The molecule has 0 radical (unpaired) electrons. The minimum absolute atomic E-state index is 0.0353. The molecule has 29 heavy (non-hydrogen) atoms. The van der Waals surface area contributed by atoms with Crippen LogP contribution in [-0.2, 0) is 13.0 Å². The van der Waals surface area contributed by atoms with Crippen LogP contribution in [-0.4, -0.2) is 49.4 Å². The van der Waals surface area contributed by atoms with Gasteiger partial charge in [-0.3, -0.25) is 4.79 Å². The standard InChI is InChI=1S/C22H27N3O4/c1-28-19-7-6-15(11-20(19)29-2)8-9-23-22(27)24-12-16-10-17(14-24)18-4-3-5-21(26)25(18)13-16/h3-7,11,16-17H,8-10,12-14H2,1-2H3,(H,23,27)/t16-,17+/m0/s1. The number of aromatic nitrogens is 1. The number of pyridine rings is 1. The highest BCUT2D eigenvalue weighted by atomic mass is 16.5. The number of carbonyl (C=O) groups excluding carboxylic acids is 1. The van der Waals surface area contributed by atoms with Gasteiger partial charge in [-0.15, -0.1) is 0 Å². The fourth-order valence-electron chi connectivity index (χ4n) is 4.52. The molecule has 7 nitrogen and oxygen atoms in total. The first kappa shape index (κ1) is 19.4. The summed E-state index contributed by atoms with van der Waals surface area (Å²) in [5, 5.41) is 3.04. The lowest BCUT2D eigenvalue weighted by Gasteiger charge is -2.42. The van der Waals surface area contributed by atoms with E-state index in [9.17, 15) is 9.59 Å². The van der Waals surface area contributed by atoms with Crippen LogP contribution in [0.3, 0.4) is 0 Å². The summed E-state index contributed by atoms with van der Waals surface area (Å²) >= 11 is 0.